The molecule has 0 fully saturated rings. The number of aromatic nitrogens is 1. The summed E-state index contributed by atoms with van der Waals surface area (Å²) >= 11 is 1.59. The molecular weight excluding hydrogens is 248 g/mol. The van der Waals surface area contributed by atoms with Gasteiger partial charge in [-0.3, -0.25) is 4.79 Å². The van der Waals surface area contributed by atoms with E-state index in [2.05, 4.69) is 4.98 Å². The van der Waals surface area contributed by atoms with Crippen LogP contribution in [0.25, 0.3) is 0 Å². The molecule has 1 rings (SSSR count). The van der Waals surface area contributed by atoms with Crippen LogP contribution in [0, 0.1) is 18.3 Å². The molecule has 0 amide bonds. The second-order valence-electron chi connectivity index (χ2n) is 5.25. The Balaban J connectivity index is 2.78. The second kappa shape index (κ2) is 6.29. The maximum Gasteiger partial charge on any atom is 0.310 e. The average Bonchev–Trinajstić information content (AvgIpc) is 2.69. The SMILES string of the molecule is Cc1ncsc1CCC(CN)(CC(C)C)C(=O)O. The summed E-state index contributed by atoms with van der Waals surface area (Å²) in [6.45, 7) is 6.22. The van der Waals surface area contributed by atoms with Crippen molar-refractivity contribution in [2.45, 2.75) is 40.0 Å². The van der Waals surface area contributed by atoms with E-state index >= 15 is 0 Å². The first-order chi connectivity index (χ1) is 8.41. The molecule has 1 heterocycles. The zero-order valence-electron chi connectivity index (χ0n) is 11.3. The number of nitrogens with two attached hydrogens (primary N) is 1. The lowest BCUT2D eigenvalue weighted by Gasteiger charge is -2.29. The van der Waals surface area contributed by atoms with Crippen LogP contribution in [-0.4, -0.2) is 22.6 Å². The highest BCUT2D eigenvalue weighted by molar-refractivity contribution is 7.09. The Kier molecular flexibility index (Phi) is 5.28. The largest absolute Gasteiger partial charge is 0.481 e. The van der Waals surface area contributed by atoms with Gasteiger partial charge >= 0.3 is 5.97 Å². The molecule has 102 valence electrons. The fourth-order valence-electron chi connectivity index (χ4n) is 2.27. The molecule has 0 aliphatic carbocycles. The first kappa shape index (κ1) is 15.1. The van der Waals surface area contributed by atoms with Crippen LogP contribution in [0.3, 0.4) is 0 Å². The summed E-state index contributed by atoms with van der Waals surface area (Å²) in [6, 6.07) is 0. The molecule has 5 heteroatoms. The molecule has 1 atom stereocenters. The number of carboxylic acid groups (broad SMARTS) is 1. The molecule has 1 unspecified atom stereocenters. The number of carboxylic acids is 1. The van der Waals surface area contributed by atoms with Crippen molar-refractivity contribution in [3.8, 4) is 0 Å². The average molecular weight is 270 g/mol. The first-order valence-corrected chi connectivity index (χ1v) is 7.11. The summed E-state index contributed by atoms with van der Waals surface area (Å²) in [5.41, 5.74) is 7.74. The van der Waals surface area contributed by atoms with Crippen molar-refractivity contribution in [3.63, 3.8) is 0 Å². The van der Waals surface area contributed by atoms with Gasteiger partial charge in [-0.05, 0) is 32.1 Å². The Bertz CT molecular complexity index is 403. The van der Waals surface area contributed by atoms with E-state index in [9.17, 15) is 9.90 Å². The predicted octanol–water partition coefficient (Wildman–Crippen LogP) is 2.46. The number of hydrogen-bond donors (Lipinski definition) is 2. The van der Waals surface area contributed by atoms with Crippen LogP contribution in [0.2, 0.25) is 0 Å². The summed E-state index contributed by atoms with van der Waals surface area (Å²) in [4.78, 5) is 16.9. The van der Waals surface area contributed by atoms with E-state index in [1.165, 1.54) is 0 Å². The lowest BCUT2D eigenvalue weighted by Crippen LogP contribution is -2.40. The van der Waals surface area contributed by atoms with Gasteiger partial charge < -0.3 is 10.8 Å². The van der Waals surface area contributed by atoms with E-state index in [1.807, 2.05) is 20.8 Å². The van der Waals surface area contributed by atoms with Gasteiger partial charge in [0, 0.05) is 11.4 Å². The van der Waals surface area contributed by atoms with Gasteiger partial charge in [-0.15, -0.1) is 11.3 Å². The van der Waals surface area contributed by atoms with Crippen LogP contribution < -0.4 is 5.73 Å². The lowest BCUT2D eigenvalue weighted by atomic mass is 9.76. The highest BCUT2D eigenvalue weighted by atomic mass is 32.1. The fourth-order valence-corrected chi connectivity index (χ4v) is 3.05. The maximum atomic E-state index is 11.5. The zero-order valence-corrected chi connectivity index (χ0v) is 12.1. The summed E-state index contributed by atoms with van der Waals surface area (Å²) in [5, 5.41) is 9.48. The van der Waals surface area contributed by atoms with Gasteiger partial charge in [0.05, 0.1) is 16.6 Å². The summed E-state index contributed by atoms with van der Waals surface area (Å²) in [5.74, 6) is -0.451. The van der Waals surface area contributed by atoms with Crippen LogP contribution in [0.5, 0.6) is 0 Å². The van der Waals surface area contributed by atoms with Gasteiger partial charge in [-0.1, -0.05) is 13.8 Å². The number of aryl methyl sites for hydroxylation is 2. The number of hydrogen-bond acceptors (Lipinski definition) is 4. The summed E-state index contributed by atoms with van der Waals surface area (Å²) in [6.07, 6.45) is 1.95. The van der Waals surface area contributed by atoms with Gasteiger partial charge in [0.25, 0.3) is 0 Å². The lowest BCUT2D eigenvalue weighted by molar-refractivity contribution is -0.149. The summed E-state index contributed by atoms with van der Waals surface area (Å²) in [7, 11) is 0. The van der Waals surface area contributed by atoms with E-state index in [1.54, 1.807) is 16.8 Å². The fraction of sp³-hybridized carbons (Fsp3) is 0.692. The molecule has 0 radical (unpaired) electrons. The zero-order chi connectivity index (χ0) is 13.8. The highest BCUT2D eigenvalue weighted by Gasteiger charge is 2.37. The molecule has 3 N–H and O–H groups in total. The van der Waals surface area contributed by atoms with Crippen LogP contribution in [0.1, 0.15) is 37.3 Å². The van der Waals surface area contributed by atoms with Gasteiger partial charge in [0.2, 0.25) is 0 Å². The Hall–Kier alpha value is -0.940. The maximum absolute atomic E-state index is 11.5. The molecule has 0 aliphatic heterocycles. The van der Waals surface area contributed by atoms with Gasteiger partial charge in [-0.2, -0.15) is 0 Å². The van der Waals surface area contributed by atoms with E-state index in [0.717, 1.165) is 17.0 Å². The Morgan fingerprint density at radius 1 is 1.61 bits per heavy atom. The van der Waals surface area contributed by atoms with Crippen molar-refractivity contribution in [1.29, 1.82) is 0 Å². The Morgan fingerprint density at radius 2 is 2.28 bits per heavy atom. The van der Waals surface area contributed by atoms with Gasteiger partial charge in [0.15, 0.2) is 0 Å². The summed E-state index contributed by atoms with van der Waals surface area (Å²) < 4.78 is 0. The predicted molar refractivity (Wildman–Crippen MR) is 73.8 cm³/mol. The topological polar surface area (TPSA) is 76.2 Å². The third-order valence-electron chi connectivity index (χ3n) is 3.32. The van der Waals surface area contributed by atoms with Crippen molar-refractivity contribution in [3.05, 3.63) is 16.1 Å². The van der Waals surface area contributed by atoms with Crippen molar-refractivity contribution in [2.24, 2.45) is 17.1 Å². The van der Waals surface area contributed by atoms with E-state index < -0.39 is 11.4 Å². The van der Waals surface area contributed by atoms with Crippen LogP contribution in [-0.2, 0) is 11.2 Å². The minimum Gasteiger partial charge on any atom is -0.481 e. The quantitative estimate of drug-likeness (QED) is 0.798. The molecular formula is C13H22N2O2S. The third-order valence-corrected chi connectivity index (χ3v) is 4.31. The molecule has 4 nitrogen and oxygen atoms in total. The molecule has 0 spiro atoms. The first-order valence-electron chi connectivity index (χ1n) is 6.23. The second-order valence-corrected chi connectivity index (χ2v) is 6.19. The van der Waals surface area contributed by atoms with Crippen molar-refractivity contribution >= 4 is 17.3 Å². The molecule has 0 saturated heterocycles. The molecule has 0 aromatic carbocycles. The highest BCUT2D eigenvalue weighted by Crippen LogP contribution is 2.32. The number of carbonyl (C=O) groups is 1. The normalized spacial score (nSPS) is 14.7. The standard InChI is InChI=1S/C13H22N2O2S/c1-9(2)6-13(7-14,12(16)17)5-4-11-10(3)15-8-18-11/h8-9H,4-7,14H2,1-3H3,(H,16,17). The number of rotatable bonds is 7. The van der Waals surface area contributed by atoms with Gasteiger partial charge in [0.1, 0.15) is 0 Å². The molecule has 0 aliphatic rings. The molecule has 0 saturated carbocycles. The van der Waals surface area contributed by atoms with E-state index in [0.29, 0.717) is 18.8 Å². The van der Waals surface area contributed by atoms with Gasteiger partial charge in [-0.25, -0.2) is 4.98 Å². The van der Waals surface area contributed by atoms with Crippen molar-refractivity contribution < 1.29 is 9.90 Å². The molecule has 1 aromatic rings. The van der Waals surface area contributed by atoms with Crippen LogP contribution >= 0.6 is 11.3 Å². The molecule has 1 aromatic heterocycles. The van der Waals surface area contributed by atoms with Crippen molar-refractivity contribution in [2.75, 3.05) is 6.54 Å². The minimum atomic E-state index is -0.801. The van der Waals surface area contributed by atoms with E-state index in [4.69, 9.17) is 5.73 Å². The Labute approximate surface area is 112 Å². The smallest absolute Gasteiger partial charge is 0.310 e. The van der Waals surface area contributed by atoms with Crippen LogP contribution in [0.15, 0.2) is 5.51 Å². The number of aliphatic carboxylic acids is 1. The molecule has 0 bridgehead atoms. The van der Waals surface area contributed by atoms with Crippen molar-refractivity contribution in [1.82, 2.24) is 4.98 Å². The Morgan fingerprint density at radius 3 is 2.67 bits per heavy atom. The monoisotopic (exact) mass is 270 g/mol. The molecule has 18 heavy (non-hydrogen) atoms. The van der Waals surface area contributed by atoms with Crippen LogP contribution in [0.4, 0.5) is 0 Å². The number of nitrogens with zero attached hydrogens (tertiary/aromatic N) is 1. The third kappa shape index (κ3) is 3.53. The van der Waals surface area contributed by atoms with E-state index in [-0.39, 0.29) is 6.54 Å². The minimum absolute atomic E-state index is 0.193. The number of thiazole rings is 1.